The Kier molecular flexibility index (Phi) is 4.93. The summed E-state index contributed by atoms with van der Waals surface area (Å²) < 4.78 is 1.84. The van der Waals surface area contributed by atoms with Crippen molar-refractivity contribution in [3.05, 3.63) is 61.4 Å². The topological polar surface area (TPSA) is 42.0 Å². The van der Waals surface area contributed by atoms with E-state index in [-0.39, 0.29) is 5.91 Å². The molecule has 2 aromatic rings. The second kappa shape index (κ2) is 6.47. The van der Waals surface area contributed by atoms with Crippen molar-refractivity contribution in [3.63, 3.8) is 0 Å². The Labute approximate surface area is 134 Å². The predicted molar refractivity (Wildman–Crippen MR) is 87.0 cm³/mol. The van der Waals surface area contributed by atoms with Gasteiger partial charge in [-0.15, -0.1) is 0 Å². The molecule has 0 atom stereocenters. The minimum atomic E-state index is -0.0818. The summed E-state index contributed by atoms with van der Waals surface area (Å²) in [6, 6.07) is 7.61. The molecule has 0 radical (unpaired) electrons. The lowest BCUT2D eigenvalue weighted by Crippen LogP contribution is -2.23. The van der Waals surface area contributed by atoms with Gasteiger partial charge in [0.2, 0.25) is 0 Å². The fraction of sp³-hybridized carbons (Fsp3) is 0.143. The summed E-state index contributed by atoms with van der Waals surface area (Å²) in [4.78, 5) is 16.2. The number of carbonyl (C=O) groups is 1. The third kappa shape index (κ3) is 3.76. The van der Waals surface area contributed by atoms with Crippen LogP contribution < -0.4 is 5.32 Å². The highest BCUT2D eigenvalue weighted by atomic mass is 127. The number of pyridine rings is 1. The van der Waals surface area contributed by atoms with E-state index >= 15 is 0 Å². The van der Waals surface area contributed by atoms with E-state index in [0.717, 1.165) is 19.2 Å². The minimum Gasteiger partial charge on any atom is -0.348 e. The minimum absolute atomic E-state index is 0.0818. The number of carbonyl (C=O) groups excluding carboxylic acids is 1. The van der Waals surface area contributed by atoms with Crippen LogP contribution in [0.2, 0.25) is 0 Å². The van der Waals surface area contributed by atoms with E-state index in [4.69, 9.17) is 0 Å². The maximum Gasteiger partial charge on any atom is 0.252 e. The van der Waals surface area contributed by atoms with Crippen LogP contribution in [0.3, 0.4) is 0 Å². The molecule has 0 fully saturated rings. The van der Waals surface area contributed by atoms with Gasteiger partial charge >= 0.3 is 0 Å². The Bertz CT molecular complexity index is 616. The zero-order valence-electron chi connectivity index (χ0n) is 10.3. The van der Waals surface area contributed by atoms with Crippen LogP contribution >= 0.6 is 38.5 Å². The highest BCUT2D eigenvalue weighted by Gasteiger charge is 2.10. The van der Waals surface area contributed by atoms with Gasteiger partial charge in [-0.1, -0.05) is 0 Å². The molecule has 1 amide bonds. The molecule has 98 valence electrons. The van der Waals surface area contributed by atoms with Crippen molar-refractivity contribution in [3.8, 4) is 0 Å². The number of halogens is 2. The summed E-state index contributed by atoms with van der Waals surface area (Å²) in [6.07, 6.45) is 3.53. The van der Waals surface area contributed by atoms with Gasteiger partial charge in [0.1, 0.15) is 0 Å². The van der Waals surface area contributed by atoms with Crippen molar-refractivity contribution in [1.29, 1.82) is 0 Å². The fourth-order valence-electron chi connectivity index (χ4n) is 1.64. The zero-order chi connectivity index (χ0) is 13.8. The van der Waals surface area contributed by atoms with E-state index in [9.17, 15) is 4.79 Å². The molecule has 5 heteroatoms. The van der Waals surface area contributed by atoms with E-state index in [1.54, 1.807) is 12.4 Å². The number of hydrogen-bond acceptors (Lipinski definition) is 2. The third-order valence-corrected chi connectivity index (χ3v) is 4.11. The highest BCUT2D eigenvalue weighted by Crippen LogP contribution is 2.19. The summed E-state index contributed by atoms with van der Waals surface area (Å²) in [5.74, 6) is -0.0818. The molecular weight excluding hydrogens is 419 g/mol. The number of amides is 1. The molecule has 0 saturated heterocycles. The molecule has 0 aliphatic heterocycles. The average Bonchev–Trinajstić information content (AvgIpc) is 2.40. The summed E-state index contributed by atoms with van der Waals surface area (Å²) in [5.41, 5.74) is 2.80. The van der Waals surface area contributed by atoms with Crippen LogP contribution in [-0.4, -0.2) is 10.9 Å². The lowest BCUT2D eigenvalue weighted by molar-refractivity contribution is 0.0950. The number of hydrogen-bond donors (Lipinski definition) is 1. The van der Waals surface area contributed by atoms with Crippen molar-refractivity contribution >= 4 is 44.4 Å². The Hall–Kier alpha value is -0.950. The SMILES string of the molecule is Cc1cnccc1CNC(=O)c1cc(I)ccc1Br. The first-order chi connectivity index (χ1) is 9.08. The highest BCUT2D eigenvalue weighted by molar-refractivity contribution is 14.1. The van der Waals surface area contributed by atoms with Gasteiger partial charge in [0.15, 0.2) is 0 Å². The van der Waals surface area contributed by atoms with Crippen LogP contribution in [0.4, 0.5) is 0 Å². The number of aromatic nitrogens is 1. The molecule has 0 bridgehead atoms. The van der Waals surface area contributed by atoms with Crippen LogP contribution in [0.1, 0.15) is 21.5 Å². The third-order valence-electron chi connectivity index (χ3n) is 2.75. The summed E-state index contributed by atoms with van der Waals surface area (Å²) in [7, 11) is 0. The molecular formula is C14H12BrIN2O. The van der Waals surface area contributed by atoms with Crippen molar-refractivity contribution in [2.45, 2.75) is 13.5 Å². The molecule has 1 aromatic carbocycles. The van der Waals surface area contributed by atoms with Gasteiger partial charge in [-0.25, -0.2) is 0 Å². The van der Waals surface area contributed by atoms with Crippen LogP contribution in [0.25, 0.3) is 0 Å². The molecule has 0 saturated carbocycles. The molecule has 0 spiro atoms. The largest absolute Gasteiger partial charge is 0.348 e. The Balaban J connectivity index is 2.10. The van der Waals surface area contributed by atoms with Gasteiger partial charge in [-0.05, 0) is 80.8 Å². The summed E-state index contributed by atoms with van der Waals surface area (Å²) in [5, 5.41) is 2.92. The van der Waals surface area contributed by atoms with E-state index < -0.39 is 0 Å². The second-order valence-corrected chi connectivity index (χ2v) is 6.21. The smallest absolute Gasteiger partial charge is 0.252 e. The molecule has 0 unspecified atom stereocenters. The number of nitrogens with zero attached hydrogens (tertiary/aromatic N) is 1. The molecule has 1 N–H and O–H groups in total. The molecule has 19 heavy (non-hydrogen) atoms. The van der Waals surface area contributed by atoms with Crippen molar-refractivity contribution < 1.29 is 4.79 Å². The number of rotatable bonds is 3. The maximum atomic E-state index is 12.1. The maximum absolute atomic E-state index is 12.1. The van der Waals surface area contributed by atoms with Crippen LogP contribution in [0, 0.1) is 10.5 Å². The zero-order valence-corrected chi connectivity index (χ0v) is 14.0. The molecule has 0 aliphatic rings. The first kappa shape index (κ1) is 14.5. The molecule has 2 rings (SSSR count). The predicted octanol–water partition coefficient (Wildman–Crippen LogP) is 3.69. The van der Waals surface area contributed by atoms with Crippen molar-refractivity contribution in [2.75, 3.05) is 0 Å². The number of benzene rings is 1. The van der Waals surface area contributed by atoms with Gasteiger partial charge in [0.05, 0.1) is 5.56 Å². The van der Waals surface area contributed by atoms with Crippen LogP contribution in [-0.2, 0) is 6.54 Å². The van der Waals surface area contributed by atoms with Gasteiger partial charge < -0.3 is 5.32 Å². The molecule has 0 aliphatic carbocycles. The van der Waals surface area contributed by atoms with Crippen molar-refractivity contribution in [2.24, 2.45) is 0 Å². The van der Waals surface area contributed by atoms with Crippen LogP contribution in [0.5, 0.6) is 0 Å². The van der Waals surface area contributed by atoms with Gasteiger partial charge in [0.25, 0.3) is 5.91 Å². The van der Waals surface area contributed by atoms with E-state index in [0.29, 0.717) is 12.1 Å². The Morgan fingerprint density at radius 2 is 2.21 bits per heavy atom. The van der Waals surface area contributed by atoms with Gasteiger partial charge in [-0.3, -0.25) is 9.78 Å². The fourth-order valence-corrected chi connectivity index (χ4v) is 2.56. The van der Waals surface area contributed by atoms with Gasteiger partial charge in [0, 0.05) is 27.0 Å². The first-order valence-electron chi connectivity index (χ1n) is 5.70. The number of aryl methyl sites for hydroxylation is 1. The number of nitrogens with one attached hydrogen (secondary N) is 1. The van der Waals surface area contributed by atoms with Gasteiger partial charge in [-0.2, -0.15) is 0 Å². The van der Waals surface area contributed by atoms with E-state index in [1.165, 1.54) is 0 Å². The second-order valence-electron chi connectivity index (χ2n) is 4.11. The molecule has 1 aromatic heterocycles. The summed E-state index contributed by atoms with van der Waals surface area (Å²) >= 11 is 5.59. The average molecular weight is 431 g/mol. The van der Waals surface area contributed by atoms with Crippen molar-refractivity contribution in [1.82, 2.24) is 10.3 Å². The Morgan fingerprint density at radius 3 is 2.95 bits per heavy atom. The first-order valence-corrected chi connectivity index (χ1v) is 7.58. The molecule has 1 heterocycles. The molecule has 3 nitrogen and oxygen atoms in total. The normalized spacial score (nSPS) is 10.3. The summed E-state index contributed by atoms with van der Waals surface area (Å²) in [6.45, 7) is 2.49. The quantitative estimate of drug-likeness (QED) is 0.754. The standard InChI is InChI=1S/C14H12BrIN2O/c1-9-7-17-5-4-10(9)8-18-14(19)12-6-11(16)2-3-13(12)15/h2-7H,8H2,1H3,(H,18,19). The Morgan fingerprint density at radius 1 is 1.42 bits per heavy atom. The van der Waals surface area contributed by atoms with E-state index in [2.05, 4.69) is 48.8 Å². The monoisotopic (exact) mass is 430 g/mol. The lowest BCUT2D eigenvalue weighted by atomic mass is 10.1. The van der Waals surface area contributed by atoms with E-state index in [1.807, 2.05) is 31.2 Å². The van der Waals surface area contributed by atoms with Crippen LogP contribution in [0.15, 0.2) is 41.1 Å². The lowest BCUT2D eigenvalue weighted by Gasteiger charge is -2.09.